The fraction of sp³-hybridized carbons (Fsp3) is 0.273. The van der Waals surface area contributed by atoms with Crippen LogP contribution in [-0.4, -0.2) is 0 Å². The molecular weight excluding hydrogens is 232 g/mol. The van der Waals surface area contributed by atoms with Crippen LogP contribution in [0.2, 0.25) is 0 Å². The molecule has 0 saturated heterocycles. The molecule has 62 valence electrons. The smallest absolute Gasteiger partial charge is 0.664 e. The molecule has 0 atom stereocenters. The van der Waals surface area contributed by atoms with Crippen molar-refractivity contribution in [2.75, 3.05) is 0 Å². The van der Waals surface area contributed by atoms with Crippen LogP contribution in [0.25, 0.3) is 12.2 Å². The van der Waals surface area contributed by atoms with Gasteiger partial charge in [-0.15, -0.1) is 5.69 Å². The standard InChI is InChI=1S/C11H12N.Rb/c1-11(2)6-3-9-5-8-12-10(9)4-7-11;/h3-8H,1-2H3;/q-1;+1. The van der Waals surface area contributed by atoms with Crippen molar-refractivity contribution in [2.24, 2.45) is 5.41 Å². The van der Waals surface area contributed by atoms with Crippen LogP contribution in [0.15, 0.2) is 24.4 Å². The molecule has 0 unspecified atom stereocenters. The van der Waals surface area contributed by atoms with Gasteiger partial charge in [0.1, 0.15) is 0 Å². The summed E-state index contributed by atoms with van der Waals surface area (Å²) in [6, 6.07) is 2.04. The Morgan fingerprint density at radius 3 is 2.62 bits per heavy atom. The predicted molar refractivity (Wildman–Crippen MR) is 51.6 cm³/mol. The van der Waals surface area contributed by atoms with Crippen LogP contribution in [0, 0.1) is 5.41 Å². The second kappa shape index (κ2) is 4.39. The van der Waals surface area contributed by atoms with Crippen molar-refractivity contribution in [1.29, 1.82) is 0 Å². The fourth-order valence-corrected chi connectivity index (χ4v) is 1.29. The van der Waals surface area contributed by atoms with Crippen LogP contribution >= 0.6 is 0 Å². The van der Waals surface area contributed by atoms with Crippen LogP contribution in [0.4, 0.5) is 0 Å². The van der Waals surface area contributed by atoms with Crippen molar-refractivity contribution in [3.8, 4) is 0 Å². The maximum atomic E-state index is 4.24. The van der Waals surface area contributed by atoms with Gasteiger partial charge in [-0.2, -0.15) is 6.20 Å². The molecular formula is C11H12NRb. The molecule has 1 heterocycles. The SMILES string of the molecule is CC1(C)C=Cc2cc[n-]c2C=C1.[Rb+]. The van der Waals surface area contributed by atoms with Gasteiger partial charge in [-0.1, -0.05) is 44.2 Å². The molecule has 1 aromatic rings. The minimum absolute atomic E-state index is 0. The number of hydrogen-bond donors (Lipinski definition) is 0. The fourth-order valence-electron chi connectivity index (χ4n) is 1.29. The normalized spacial score (nSPS) is 17.4. The topological polar surface area (TPSA) is 14.1 Å². The van der Waals surface area contributed by atoms with E-state index in [1.807, 2.05) is 12.3 Å². The maximum Gasteiger partial charge on any atom is 1.00 e. The van der Waals surface area contributed by atoms with E-state index in [1.165, 1.54) is 5.56 Å². The molecule has 1 aliphatic rings. The van der Waals surface area contributed by atoms with Gasteiger partial charge in [-0.05, 0) is 5.56 Å². The second-order valence-electron chi connectivity index (χ2n) is 3.77. The van der Waals surface area contributed by atoms with Gasteiger partial charge in [0.25, 0.3) is 0 Å². The monoisotopic (exact) mass is 243 g/mol. The number of fused-ring (bicyclic) bond motifs is 1. The summed E-state index contributed by atoms with van der Waals surface area (Å²) < 4.78 is 0. The van der Waals surface area contributed by atoms with Crippen molar-refractivity contribution in [3.63, 3.8) is 0 Å². The van der Waals surface area contributed by atoms with Crippen molar-refractivity contribution >= 4 is 12.2 Å². The van der Waals surface area contributed by atoms with Crippen LogP contribution < -0.4 is 63.2 Å². The summed E-state index contributed by atoms with van der Waals surface area (Å²) in [5.41, 5.74) is 2.46. The summed E-state index contributed by atoms with van der Waals surface area (Å²) in [6.45, 7) is 4.37. The Bertz CT molecular complexity index is 314. The van der Waals surface area contributed by atoms with E-state index in [0.717, 1.165) is 5.69 Å². The van der Waals surface area contributed by atoms with Gasteiger partial charge in [0.15, 0.2) is 0 Å². The van der Waals surface area contributed by atoms with E-state index in [2.05, 4.69) is 43.1 Å². The zero-order valence-electron chi connectivity index (χ0n) is 8.41. The predicted octanol–water partition coefficient (Wildman–Crippen LogP) is -0.286. The quantitative estimate of drug-likeness (QED) is 0.611. The minimum atomic E-state index is 0. The number of hydrogen-bond acceptors (Lipinski definition) is 0. The van der Waals surface area contributed by atoms with Crippen molar-refractivity contribution in [1.82, 2.24) is 4.98 Å². The summed E-state index contributed by atoms with van der Waals surface area (Å²) in [5, 5.41) is 0. The molecule has 1 nitrogen and oxygen atoms in total. The Balaban J connectivity index is 0.000000845. The number of allylic oxidation sites excluding steroid dienone is 2. The Morgan fingerprint density at radius 2 is 1.85 bits per heavy atom. The first-order chi connectivity index (χ1) is 5.67. The molecule has 0 bridgehead atoms. The van der Waals surface area contributed by atoms with Gasteiger partial charge in [-0.3, -0.25) is 0 Å². The molecule has 0 aliphatic heterocycles. The molecule has 13 heavy (non-hydrogen) atoms. The zero-order chi connectivity index (χ0) is 8.60. The molecule has 1 aromatic heterocycles. The second-order valence-corrected chi connectivity index (χ2v) is 3.77. The van der Waals surface area contributed by atoms with Crippen molar-refractivity contribution in [2.45, 2.75) is 13.8 Å². The number of nitrogens with zero attached hydrogens (tertiary/aromatic N) is 1. The molecule has 0 amide bonds. The number of aromatic nitrogens is 1. The Hall–Kier alpha value is 0.565. The van der Waals surface area contributed by atoms with Crippen LogP contribution in [0.3, 0.4) is 0 Å². The van der Waals surface area contributed by atoms with Gasteiger partial charge >= 0.3 is 58.2 Å². The van der Waals surface area contributed by atoms with Gasteiger partial charge in [0.2, 0.25) is 0 Å². The Morgan fingerprint density at radius 1 is 1.15 bits per heavy atom. The van der Waals surface area contributed by atoms with Crippen LogP contribution in [-0.2, 0) is 0 Å². The van der Waals surface area contributed by atoms with Gasteiger partial charge in [-0.25, -0.2) is 0 Å². The first-order valence-electron chi connectivity index (χ1n) is 4.18. The third-order valence-corrected chi connectivity index (χ3v) is 2.13. The van der Waals surface area contributed by atoms with E-state index in [1.54, 1.807) is 0 Å². The Labute approximate surface area is 128 Å². The molecule has 2 rings (SSSR count). The first kappa shape index (κ1) is 11.6. The third-order valence-electron chi connectivity index (χ3n) is 2.13. The summed E-state index contributed by atoms with van der Waals surface area (Å²) in [5.74, 6) is 0. The molecule has 0 radical (unpaired) electrons. The summed E-state index contributed by atoms with van der Waals surface area (Å²) in [7, 11) is 0. The van der Waals surface area contributed by atoms with Crippen LogP contribution in [0.1, 0.15) is 25.1 Å². The van der Waals surface area contributed by atoms with E-state index in [0.29, 0.717) is 0 Å². The Kier molecular flexibility index (Phi) is 3.93. The van der Waals surface area contributed by atoms with Crippen molar-refractivity contribution < 1.29 is 58.2 Å². The molecule has 0 N–H and O–H groups in total. The molecule has 1 aliphatic carbocycles. The zero-order valence-corrected chi connectivity index (χ0v) is 13.3. The van der Waals surface area contributed by atoms with Gasteiger partial charge in [0, 0.05) is 5.41 Å². The molecule has 0 spiro atoms. The minimum Gasteiger partial charge on any atom is -0.664 e. The third kappa shape index (κ3) is 2.75. The summed E-state index contributed by atoms with van der Waals surface area (Å²) in [6.07, 6.45) is 10.5. The maximum absolute atomic E-state index is 4.24. The average Bonchev–Trinajstić information content (AvgIpc) is 2.40. The van der Waals surface area contributed by atoms with Gasteiger partial charge in [0.05, 0.1) is 0 Å². The summed E-state index contributed by atoms with van der Waals surface area (Å²) in [4.78, 5) is 4.24. The molecule has 0 aromatic carbocycles. The molecule has 0 saturated carbocycles. The van der Waals surface area contributed by atoms with E-state index in [4.69, 9.17) is 0 Å². The summed E-state index contributed by atoms with van der Waals surface area (Å²) >= 11 is 0. The van der Waals surface area contributed by atoms with E-state index < -0.39 is 0 Å². The molecule has 0 fully saturated rings. The van der Waals surface area contributed by atoms with Gasteiger partial charge < -0.3 is 4.98 Å². The van der Waals surface area contributed by atoms with E-state index in [-0.39, 0.29) is 63.6 Å². The van der Waals surface area contributed by atoms with E-state index in [9.17, 15) is 0 Å². The first-order valence-corrected chi connectivity index (χ1v) is 4.18. The number of rotatable bonds is 0. The van der Waals surface area contributed by atoms with Crippen LogP contribution in [0.5, 0.6) is 0 Å². The van der Waals surface area contributed by atoms with E-state index >= 15 is 0 Å². The van der Waals surface area contributed by atoms with Crippen molar-refractivity contribution in [3.05, 3.63) is 35.7 Å². The molecule has 2 heteroatoms. The largest absolute Gasteiger partial charge is 1.00 e. The average molecular weight is 244 g/mol.